The summed E-state index contributed by atoms with van der Waals surface area (Å²) in [7, 11) is 1.55. The van der Waals surface area contributed by atoms with E-state index in [1.165, 1.54) is 0 Å². The molecule has 0 saturated heterocycles. The Morgan fingerprint density at radius 2 is 2.11 bits per heavy atom. The van der Waals surface area contributed by atoms with Crippen molar-refractivity contribution in [3.8, 4) is 17.8 Å². The lowest BCUT2D eigenvalue weighted by molar-refractivity contribution is -0.0797. The summed E-state index contributed by atoms with van der Waals surface area (Å²) in [5.41, 5.74) is 6.70. The number of hydrogen-bond acceptors (Lipinski definition) is 5. The lowest BCUT2D eigenvalue weighted by Gasteiger charge is -2.56. The van der Waals surface area contributed by atoms with Crippen molar-refractivity contribution in [3.05, 3.63) is 17.7 Å². The highest BCUT2D eigenvalue weighted by Gasteiger charge is 2.53. The zero-order valence-corrected chi connectivity index (χ0v) is 10.9. The number of ether oxygens (including phenoxy) is 2. The number of pyridine rings is 1. The summed E-state index contributed by atoms with van der Waals surface area (Å²) in [5.74, 6) is 0.846. The molecule has 2 aliphatic carbocycles. The summed E-state index contributed by atoms with van der Waals surface area (Å²) in [4.78, 5) is 4.20. The molecule has 0 bridgehead atoms. The Bertz CT molecular complexity index is 524. The minimum Gasteiger partial charge on any atom is -0.481 e. The van der Waals surface area contributed by atoms with Gasteiger partial charge >= 0.3 is 0 Å². The molecule has 2 N–H and O–H groups in total. The van der Waals surface area contributed by atoms with Crippen LogP contribution in [-0.2, 0) is 0 Å². The fourth-order valence-corrected chi connectivity index (χ4v) is 3.25. The summed E-state index contributed by atoms with van der Waals surface area (Å²) >= 11 is 0. The van der Waals surface area contributed by atoms with Crippen LogP contribution in [0.4, 0.5) is 0 Å². The Balaban J connectivity index is 1.66. The van der Waals surface area contributed by atoms with Crippen molar-refractivity contribution < 1.29 is 9.47 Å². The third-order valence-electron chi connectivity index (χ3n) is 4.15. The summed E-state index contributed by atoms with van der Waals surface area (Å²) in [5, 5.41) is 9.05. The zero-order chi connectivity index (χ0) is 13.5. The number of nitrogens with zero attached hydrogens (tertiary/aromatic N) is 2. The van der Waals surface area contributed by atoms with Gasteiger partial charge in [-0.3, -0.25) is 0 Å². The first-order valence-corrected chi connectivity index (χ1v) is 6.51. The van der Waals surface area contributed by atoms with E-state index in [1.807, 2.05) is 0 Å². The van der Waals surface area contributed by atoms with Gasteiger partial charge in [0.1, 0.15) is 17.7 Å². The van der Waals surface area contributed by atoms with Crippen molar-refractivity contribution >= 4 is 0 Å². The molecule has 1 spiro atoms. The highest BCUT2D eigenvalue weighted by atomic mass is 16.5. The van der Waals surface area contributed by atoms with Gasteiger partial charge in [0.15, 0.2) is 0 Å². The summed E-state index contributed by atoms with van der Waals surface area (Å²) < 4.78 is 10.9. The van der Waals surface area contributed by atoms with Crippen LogP contribution in [0, 0.1) is 16.7 Å². The van der Waals surface area contributed by atoms with Crippen LogP contribution in [0.3, 0.4) is 0 Å². The maximum atomic E-state index is 9.05. The molecular weight excluding hydrogens is 242 g/mol. The Morgan fingerprint density at radius 1 is 1.37 bits per heavy atom. The molecule has 0 aromatic carbocycles. The first-order valence-electron chi connectivity index (χ1n) is 6.51. The number of hydrogen-bond donors (Lipinski definition) is 1. The van der Waals surface area contributed by atoms with Crippen LogP contribution in [0.2, 0.25) is 0 Å². The van der Waals surface area contributed by atoms with Gasteiger partial charge in [0.05, 0.1) is 7.11 Å². The Hall–Kier alpha value is -1.80. The van der Waals surface area contributed by atoms with Crippen LogP contribution in [-0.4, -0.2) is 24.2 Å². The Kier molecular flexibility index (Phi) is 2.83. The van der Waals surface area contributed by atoms with E-state index in [0.29, 0.717) is 28.8 Å². The number of methoxy groups -OCH3 is 1. The molecular formula is C14H17N3O2. The predicted molar refractivity (Wildman–Crippen MR) is 68.8 cm³/mol. The molecule has 5 nitrogen and oxygen atoms in total. The average molecular weight is 259 g/mol. The molecule has 2 aliphatic rings. The van der Waals surface area contributed by atoms with Gasteiger partial charge in [0, 0.05) is 12.1 Å². The van der Waals surface area contributed by atoms with E-state index in [1.54, 1.807) is 19.2 Å². The van der Waals surface area contributed by atoms with E-state index < -0.39 is 0 Å². The lowest BCUT2D eigenvalue weighted by atomic mass is 9.53. The topological polar surface area (TPSA) is 81.2 Å². The monoisotopic (exact) mass is 259 g/mol. The molecule has 0 atom stereocenters. The molecule has 100 valence electrons. The van der Waals surface area contributed by atoms with Crippen molar-refractivity contribution in [2.45, 2.75) is 37.8 Å². The first-order chi connectivity index (χ1) is 9.14. The van der Waals surface area contributed by atoms with Crippen molar-refractivity contribution in [1.82, 2.24) is 4.98 Å². The van der Waals surface area contributed by atoms with E-state index in [2.05, 4.69) is 11.1 Å². The van der Waals surface area contributed by atoms with Gasteiger partial charge in [0.25, 0.3) is 0 Å². The highest BCUT2D eigenvalue weighted by molar-refractivity contribution is 5.40. The molecule has 5 heteroatoms. The van der Waals surface area contributed by atoms with Gasteiger partial charge in [0.2, 0.25) is 11.8 Å². The van der Waals surface area contributed by atoms with Crippen LogP contribution in [0.1, 0.15) is 31.2 Å². The SMILES string of the molecule is COc1ccc(C#N)c(O[C@H]2CC3(C[C@@H](N)C3)C2)n1. The van der Waals surface area contributed by atoms with Gasteiger partial charge in [-0.15, -0.1) is 0 Å². The van der Waals surface area contributed by atoms with E-state index in [-0.39, 0.29) is 6.10 Å². The van der Waals surface area contributed by atoms with Crippen molar-refractivity contribution in [2.24, 2.45) is 11.1 Å². The van der Waals surface area contributed by atoms with Crippen LogP contribution in [0.25, 0.3) is 0 Å². The first kappa shape index (κ1) is 12.2. The lowest BCUT2D eigenvalue weighted by Crippen LogP contribution is -2.56. The van der Waals surface area contributed by atoms with E-state index in [4.69, 9.17) is 20.5 Å². The number of nitriles is 1. The average Bonchev–Trinajstić information content (AvgIpc) is 2.34. The molecule has 0 unspecified atom stereocenters. The number of aromatic nitrogens is 1. The second-order valence-corrected chi connectivity index (χ2v) is 5.63. The third kappa shape index (κ3) is 2.13. The Morgan fingerprint density at radius 3 is 2.68 bits per heavy atom. The molecule has 19 heavy (non-hydrogen) atoms. The third-order valence-corrected chi connectivity index (χ3v) is 4.15. The summed E-state index contributed by atoms with van der Waals surface area (Å²) in [6.07, 6.45) is 4.39. The van der Waals surface area contributed by atoms with E-state index in [0.717, 1.165) is 25.7 Å². The second kappa shape index (κ2) is 4.39. The fourth-order valence-electron chi connectivity index (χ4n) is 3.25. The van der Waals surface area contributed by atoms with Crippen LogP contribution in [0.15, 0.2) is 12.1 Å². The predicted octanol–water partition coefficient (Wildman–Crippen LogP) is 1.61. The normalized spacial score (nSPS) is 32.1. The second-order valence-electron chi connectivity index (χ2n) is 5.63. The maximum absolute atomic E-state index is 9.05. The largest absolute Gasteiger partial charge is 0.481 e. The quantitative estimate of drug-likeness (QED) is 0.891. The van der Waals surface area contributed by atoms with Crippen LogP contribution in [0.5, 0.6) is 11.8 Å². The zero-order valence-electron chi connectivity index (χ0n) is 10.9. The molecule has 1 aromatic heterocycles. The molecule has 2 fully saturated rings. The van der Waals surface area contributed by atoms with Gasteiger partial charge in [-0.25, -0.2) is 0 Å². The number of nitrogens with two attached hydrogens (primary N) is 1. The molecule has 3 rings (SSSR count). The molecule has 0 radical (unpaired) electrons. The van der Waals surface area contributed by atoms with Crippen LogP contribution < -0.4 is 15.2 Å². The smallest absolute Gasteiger partial charge is 0.235 e. The van der Waals surface area contributed by atoms with Gasteiger partial charge < -0.3 is 15.2 Å². The summed E-state index contributed by atoms with van der Waals surface area (Å²) in [6.45, 7) is 0. The molecule has 1 heterocycles. The number of rotatable bonds is 3. The van der Waals surface area contributed by atoms with Gasteiger partial charge in [-0.2, -0.15) is 10.2 Å². The summed E-state index contributed by atoms with van der Waals surface area (Å²) in [6, 6.07) is 5.80. The van der Waals surface area contributed by atoms with Gasteiger partial charge in [-0.1, -0.05) is 0 Å². The fraction of sp³-hybridized carbons (Fsp3) is 0.571. The molecule has 1 aromatic rings. The maximum Gasteiger partial charge on any atom is 0.235 e. The molecule has 0 amide bonds. The van der Waals surface area contributed by atoms with E-state index >= 15 is 0 Å². The minimum absolute atomic E-state index is 0.152. The molecule has 2 saturated carbocycles. The highest BCUT2D eigenvalue weighted by Crippen LogP contribution is 2.56. The van der Waals surface area contributed by atoms with E-state index in [9.17, 15) is 0 Å². The minimum atomic E-state index is 0.152. The van der Waals surface area contributed by atoms with Crippen molar-refractivity contribution in [3.63, 3.8) is 0 Å². The molecule has 0 aliphatic heterocycles. The van der Waals surface area contributed by atoms with Crippen molar-refractivity contribution in [2.75, 3.05) is 7.11 Å². The van der Waals surface area contributed by atoms with Crippen molar-refractivity contribution in [1.29, 1.82) is 5.26 Å². The standard InChI is InChI=1S/C14H17N3O2/c1-18-12-3-2-9(8-15)13(17-12)19-11-6-14(7-11)4-10(16)5-14/h2-3,10-11H,4-7,16H2,1H3/t10-,11-,14?. The van der Waals surface area contributed by atoms with Gasteiger partial charge in [-0.05, 0) is 37.2 Å². The Labute approximate surface area is 112 Å². The van der Waals surface area contributed by atoms with Crippen LogP contribution >= 0.6 is 0 Å².